The summed E-state index contributed by atoms with van der Waals surface area (Å²) in [5, 5.41) is 12.1. The minimum atomic E-state index is -0.956. The number of aliphatic carboxylic acids is 1. The molecule has 0 spiro atoms. The van der Waals surface area contributed by atoms with Gasteiger partial charge in [-0.15, -0.1) is 0 Å². The highest BCUT2D eigenvalue weighted by atomic mass is 16.5. The summed E-state index contributed by atoms with van der Waals surface area (Å²) in [5.41, 5.74) is 2.27. The van der Waals surface area contributed by atoms with Crippen molar-refractivity contribution in [1.82, 2.24) is 5.32 Å². The number of carboxylic acid groups (broad SMARTS) is 1. The molecule has 0 radical (unpaired) electrons. The molecule has 0 aliphatic rings. The number of nitrogens with one attached hydrogen (secondary N) is 1. The second kappa shape index (κ2) is 5.40. The van der Waals surface area contributed by atoms with Gasteiger partial charge >= 0.3 is 5.97 Å². The van der Waals surface area contributed by atoms with Gasteiger partial charge in [0.1, 0.15) is 11.3 Å². The van der Waals surface area contributed by atoms with Gasteiger partial charge in [-0.05, 0) is 44.9 Å². The highest BCUT2D eigenvalue weighted by Crippen LogP contribution is 2.24. The lowest BCUT2D eigenvalue weighted by Gasteiger charge is -2.22. The third kappa shape index (κ3) is 3.23. The third-order valence-corrected chi connectivity index (χ3v) is 3.04. The molecule has 100 valence electrons. The van der Waals surface area contributed by atoms with Crippen LogP contribution in [-0.4, -0.2) is 23.7 Å². The zero-order valence-corrected chi connectivity index (χ0v) is 11.6. The molecule has 0 saturated carbocycles. The Bertz CT molecular complexity index is 453. The van der Waals surface area contributed by atoms with Gasteiger partial charge in [0.25, 0.3) is 0 Å². The van der Waals surface area contributed by atoms with Crippen LogP contribution in [0.3, 0.4) is 0 Å². The van der Waals surface area contributed by atoms with Crippen molar-refractivity contribution in [1.29, 1.82) is 0 Å². The van der Waals surface area contributed by atoms with E-state index in [1.807, 2.05) is 19.9 Å². The number of hydrogen-bond acceptors (Lipinski definition) is 3. The minimum absolute atomic E-state index is 0.467. The molecule has 0 heterocycles. The topological polar surface area (TPSA) is 58.6 Å². The van der Waals surface area contributed by atoms with E-state index in [0.717, 1.165) is 22.4 Å². The quantitative estimate of drug-likeness (QED) is 0.842. The van der Waals surface area contributed by atoms with E-state index in [2.05, 4.69) is 11.4 Å². The van der Waals surface area contributed by atoms with Crippen LogP contribution >= 0.6 is 0 Å². The summed E-state index contributed by atoms with van der Waals surface area (Å²) in [6.07, 6.45) is 0. The molecular formula is C14H21NO3. The Morgan fingerprint density at radius 2 is 2.00 bits per heavy atom. The molecule has 2 N–H and O–H groups in total. The summed E-state index contributed by atoms with van der Waals surface area (Å²) in [5.74, 6) is -0.0765. The molecule has 0 bridgehead atoms. The maximum atomic E-state index is 11.0. The van der Waals surface area contributed by atoms with Gasteiger partial charge in [0.15, 0.2) is 0 Å². The van der Waals surface area contributed by atoms with E-state index in [4.69, 9.17) is 9.84 Å². The monoisotopic (exact) mass is 251 g/mol. The van der Waals surface area contributed by atoms with Gasteiger partial charge in [0, 0.05) is 12.1 Å². The molecule has 1 aromatic carbocycles. The first kappa shape index (κ1) is 14.5. The Morgan fingerprint density at radius 1 is 1.39 bits per heavy atom. The fourth-order valence-corrected chi connectivity index (χ4v) is 1.75. The lowest BCUT2D eigenvalue weighted by atomic mass is 10.0. The molecule has 0 aliphatic carbocycles. The Labute approximate surface area is 108 Å². The first-order valence-electron chi connectivity index (χ1n) is 5.90. The normalized spacial score (nSPS) is 11.4. The fourth-order valence-electron chi connectivity index (χ4n) is 1.75. The van der Waals surface area contributed by atoms with Gasteiger partial charge in [0.05, 0.1) is 7.11 Å². The van der Waals surface area contributed by atoms with Crippen LogP contribution in [0.1, 0.15) is 30.5 Å². The van der Waals surface area contributed by atoms with Crippen molar-refractivity contribution in [2.24, 2.45) is 0 Å². The highest BCUT2D eigenvalue weighted by molar-refractivity contribution is 5.77. The third-order valence-electron chi connectivity index (χ3n) is 3.04. The number of rotatable bonds is 5. The van der Waals surface area contributed by atoms with Crippen LogP contribution in [0.4, 0.5) is 0 Å². The van der Waals surface area contributed by atoms with E-state index in [-0.39, 0.29) is 0 Å². The molecule has 4 nitrogen and oxygen atoms in total. The second-order valence-electron chi connectivity index (χ2n) is 5.05. The van der Waals surface area contributed by atoms with Gasteiger partial charge in [-0.3, -0.25) is 10.1 Å². The SMILES string of the molecule is COc1cc(C)cc(C)c1CNC(C)(C)C(=O)O. The Kier molecular flexibility index (Phi) is 4.35. The predicted molar refractivity (Wildman–Crippen MR) is 71.0 cm³/mol. The van der Waals surface area contributed by atoms with Crippen LogP contribution in [-0.2, 0) is 11.3 Å². The molecule has 18 heavy (non-hydrogen) atoms. The van der Waals surface area contributed by atoms with Crippen LogP contribution < -0.4 is 10.1 Å². The fraction of sp³-hybridized carbons (Fsp3) is 0.500. The van der Waals surface area contributed by atoms with Gasteiger partial charge < -0.3 is 9.84 Å². The van der Waals surface area contributed by atoms with E-state index in [0.29, 0.717) is 6.54 Å². The van der Waals surface area contributed by atoms with E-state index < -0.39 is 11.5 Å². The van der Waals surface area contributed by atoms with Crippen molar-refractivity contribution in [2.45, 2.75) is 39.8 Å². The van der Waals surface area contributed by atoms with E-state index in [1.165, 1.54) is 0 Å². The summed E-state index contributed by atoms with van der Waals surface area (Å²) in [6, 6.07) is 4.02. The van der Waals surface area contributed by atoms with E-state index in [9.17, 15) is 4.79 Å². The number of carbonyl (C=O) groups is 1. The molecule has 0 fully saturated rings. The smallest absolute Gasteiger partial charge is 0.323 e. The molecule has 1 rings (SSSR count). The number of carboxylic acids is 1. The van der Waals surface area contributed by atoms with E-state index >= 15 is 0 Å². The van der Waals surface area contributed by atoms with Gasteiger partial charge in [-0.25, -0.2) is 0 Å². The Hall–Kier alpha value is -1.55. The Balaban J connectivity index is 2.95. The molecule has 0 saturated heterocycles. The van der Waals surface area contributed by atoms with Crippen LogP contribution in [0.2, 0.25) is 0 Å². The minimum Gasteiger partial charge on any atom is -0.496 e. The van der Waals surface area contributed by atoms with Crippen LogP contribution in [0.15, 0.2) is 12.1 Å². The maximum Gasteiger partial charge on any atom is 0.323 e. The summed E-state index contributed by atoms with van der Waals surface area (Å²) >= 11 is 0. The standard InChI is InChI=1S/C14H21NO3/c1-9-6-10(2)11(12(7-9)18-5)8-15-14(3,4)13(16)17/h6-7,15H,8H2,1-5H3,(H,16,17). The number of benzene rings is 1. The zero-order valence-electron chi connectivity index (χ0n) is 11.6. The first-order valence-corrected chi connectivity index (χ1v) is 5.90. The van der Waals surface area contributed by atoms with Gasteiger partial charge in [-0.2, -0.15) is 0 Å². The molecule has 4 heteroatoms. The molecule has 0 aliphatic heterocycles. The summed E-state index contributed by atoms with van der Waals surface area (Å²) in [7, 11) is 1.63. The lowest BCUT2D eigenvalue weighted by molar-refractivity contribution is -0.143. The summed E-state index contributed by atoms with van der Waals surface area (Å²) in [4.78, 5) is 11.0. The second-order valence-corrected chi connectivity index (χ2v) is 5.05. The van der Waals surface area contributed by atoms with Crippen molar-refractivity contribution < 1.29 is 14.6 Å². The van der Waals surface area contributed by atoms with Crippen molar-refractivity contribution >= 4 is 5.97 Å². The maximum absolute atomic E-state index is 11.0. The van der Waals surface area contributed by atoms with Gasteiger partial charge in [-0.1, -0.05) is 6.07 Å². The van der Waals surface area contributed by atoms with Crippen molar-refractivity contribution in [3.05, 3.63) is 28.8 Å². The average molecular weight is 251 g/mol. The van der Waals surface area contributed by atoms with Crippen LogP contribution in [0.25, 0.3) is 0 Å². The summed E-state index contributed by atoms with van der Waals surface area (Å²) < 4.78 is 5.35. The number of aryl methyl sites for hydroxylation is 2. The number of ether oxygens (including phenoxy) is 1. The zero-order chi connectivity index (χ0) is 13.9. The number of methoxy groups -OCH3 is 1. The van der Waals surface area contributed by atoms with Gasteiger partial charge in [0.2, 0.25) is 0 Å². The Morgan fingerprint density at radius 3 is 2.50 bits per heavy atom. The van der Waals surface area contributed by atoms with Crippen molar-refractivity contribution in [2.75, 3.05) is 7.11 Å². The van der Waals surface area contributed by atoms with Crippen LogP contribution in [0.5, 0.6) is 5.75 Å². The number of hydrogen-bond donors (Lipinski definition) is 2. The van der Waals surface area contributed by atoms with Crippen molar-refractivity contribution in [3.63, 3.8) is 0 Å². The van der Waals surface area contributed by atoms with Crippen molar-refractivity contribution in [3.8, 4) is 5.75 Å². The molecule has 0 atom stereocenters. The first-order chi connectivity index (χ1) is 8.27. The molecular weight excluding hydrogens is 230 g/mol. The van der Waals surface area contributed by atoms with E-state index in [1.54, 1.807) is 21.0 Å². The molecule has 0 amide bonds. The highest BCUT2D eigenvalue weighted by Gasteiger charge is 2.26. The van der Waals surface area contributed by atoms with Crippen LogP contribution in [0, 0.1) is 13.8 Å². The predicted octanol–water partition coefficient (Wildman–Crippen LogP) is 2.26. The largest absolute Gasteiger partial charge is 0.496 e. The average Bonchev–Trinajstić information content (AvgIpc) is 2.26. The molecule has 1 aromatic rings. The molecule has 0 aromatic heterocycles. The molecule has 0 unspecified atom stereocenters. The lowest BCUT2D eigenvalue weighted by Crippen LogP contribution is -2.46. The summed E-state index contributed by atoms with van der Waals surface area (Å²) in [6.45, 7) is 7.76.